The highest BCUT2D eigenvalue weighted by Crippen LogP contribution is 2.24. The van der Waals surface area contributed by atoms with Crippen molar-refractivity contribution >= 4 is 41.0 Å². The zero-order chi connectivity index (χ0) is 17.7. The summed E-state index contributed by atoms with van der Waals surface area (Å²) in [6, 6.07) is 9.95. The molecule has 0 saturated carbocycles. The van der Waals surface area contributed by atoms with Gasteiger partial charge in [0.15, 0.2) is 6.29 Å². The van der Waals surface area contributed by atoms with E-state index in [9.17, 15) is 14.4 Å². The van der Waals surface area contributed by atoms with Gasteiger partial charge in [0.1, 0.15) is 5.60 Å². The number of amides is 2. The fraction of sp³-hybridized carbons (Fsp3) is 0.235. The molecule has 0 aliphatic carbocycles. The number of anilines is 2. The smallest absolute Gasteiger partial charge is 0.412 e. The fourth-order valence-corrected chi connectivity index (χ4v) is 2.55. The van der Waals surface area contributed by atoms with E-state index in [0.717, 1.165) is 11.3 Å². The summed E-state index contributed by atoms with van der Waals surface area (Å²) in [7, 11) is 0. The van der Waals surface area contributed by atoms with E-state index >= 15 is 0 Å². The summed E-state index contributed by atoms with van der Waals surface area (Å²) >= 11 is 1.10. The first kappa shape index (κ1) is 17.7. The van der Waals surface area contributed by atoms with Gasteiger partial charge in [0.05, 0.1) is 21.1 Å². The second-order valence-electron chi connectivity index (χ2n) is 5.95. The monoisotopic (exact) mass is 346 g/mol. The lowest BCUT2D eigenvalue weighted by Crippen LogP contribution is -2.27. The Morgan fingerprint density at radius 3 is 2.21 bits per heavy atom. The number of hydrogen-bond donors (Lipinski definition) is 2. The molecule has 1 aromatic carbocycles. The Morgan fingerprint density at radius 1 is 1.04 bits per heavy atom. The summed E-state index contributed by atoms with van der Waals surface area (Å²) in [5.41, 5.74) is 0.242. The van der Waals surface area contributed by atoms with Crippen molar-refractivity contribution in [3.63, 3.8) is 0 Å². The van der Waals surface area contributed by atoms with Crippen LogP contribution < -0.4 is 10.6 Å². The molecule has 0 bridgehead atoms. The van der Waals surface area contributed by atoms with Gasteiger partial charge >= 0.3 is 6.09 Å². The van der Waals surface area contributed by atoms with E-state index in [1.165, 1.54) is 0 Å². The second kappa shape index (κ2) is 7.27. The van der Waals surface area contributed by atoms with Gasteiger partial charge in [-0.15, -0.1) is 11.3 Å². The fourth-order valence-electron chi connectivity index (χ4n) is 1.84. The average Bonchev–Trinajstić information content (AvgIpc) is 2.96. The molecule has 6 nitrogen and oxygen atoms in total. The molecule has 0 unspecified atom stereocenters. The van der Waals surface area contributed by atoms with Crippen LogP contribution in [0.1, 0.15) is 40.1 Å². The first-order valence-electron chi connectivity index (χ1n) is 7.24. The van der Waals surface area contributed by atoms with Gasteiger partial charge in [0, 0.05) is 0 Å². The van der Waals surface area contributed by atoms with Crippen LogP contribution in [0, 0.1) is 0 Å². The summed E-state index contributed by atoms with van der Waals surface area (Å²) in [6.07, 6.45) is 0.0861. The minimum Gasteiger partial charge on any atom is -0.444 e. The Balaban J connectivity index is 2.12. The molecule has 2 aromatic rings. The highest BCUT2D eigenvalue weighted by Gasteiger charge is 2.18. The maximum Gasteiger partial charge on any atom is 0.412 e. The van der Waals surface area contributed by atoms with Crippen LogP contribution >= 0.6 is 11.3 Å². The molecule has 1 heterocycles. The van der Waals surface area contributed by atoms with Gasteiger partial charge in [-0.2, -0.15) is 0 Å². The van der Waals surface area contributed by atoms with Crippen LogP contribution in [0.5, 0.6) is 0 Å². The number of rotatable bonds is 4. The Labute approximate surface area is 143 Å². The molecule has 1 aromatic heterocycles. The Hall–Kier alpha value is -2.67. The van der Waals surface area contributed by atoms with Crippen LogP contribution in [0.4, 0.5) is 16.2 Å². The van der Waals surface area contributed by atoms with E-state index in [1.807, 2.05) is 0 Å². The number of aldehydes is 1. The van der Waals surface area contributed by atoms with E-state index in [0.29, 0.717) is 27.4 Å². The van der Waals surface area contributed by atoms with Gasteiger partial charge in [0.25, 0.3) is 5.91 Å². The van der Waals surface area contributed by atoms with Crippen molar-refractivity contribution in [3.8, 4) is 0 Å². The Bertz CT molecular complexity index is 762. The quantitative estimate of drug-likeness (QED) is 0.814. The van der Waals surface area contributed by atoms with Gasteiger partial charge in [-0.05, 0) is 45.0 Å². The number of ether oxygens (including phenoxy) is 1. The number of thiophene rings is 1. The standard InChI is InChI=1S/C17H18N2O4S/c1-17(2,3)23-16(22)19-13-7-5-4-6-12(13)18-15(21)14-9-8-11(10-20)24-14/h4-10H,1-3H3,(H,18,21)(H,19,22). The van der Waals surface area contributed by atoms with Crippen molar-refractivity contribution in [2.24, 2.45) is 0 Å². The third-order valence-electron chi connectivity index (χ3n) is 2.78. The molecule has 2 amide bonds. The first-order chi connectivity index (χ1) is 11.3. The first-order valence-corrected chi connectivity index (χ1v) is 8.05. The molecule has 0 aliphatic rings. The third kappa shape index (κ3) is 4.92. The molecule has 7 heteroatoms. The van der Waals surface area contributed by atoms with Crippen LogP contribution in [0.15, 0.2) is 36.4 Å². The van der Waals surface area contributed by atoms with Crippen LogP contribution in [0.2, 0.25) is 0 Å². The number of para-hydroxylation sites is 2. The Kier molecular flexibility index (Phi) is 5.35. The normalized spacial score (nSPS) is 10.8. The number of carbonyl (C=O) groups excluding carboxylic acids is 3. The predicted molar refractivity (Wildman–Crippen MR) is 94.0 cm³/mol. The van der Waals surface area contributed by atoms with Crippen LogP contribution in [-0.2, 0) is 4.74 Å². The van der Waals surface area contributed by atoms with Gasteiger partial charge in [-0.1, -0.05) is 12.1 Å². The van der Waals surface area contributed by atoms with Crippen molar-refractivity contribution in [3.05, 3.63) is 46.2 Å². The minimum absolute atomic E-state index is 0.355. The molecule has 0 radical (unpaired) electrons. The van der Waals surface area contributed by atoms with Gasteiger partial charge in [-0.3, -0.25) is 14.9 Å². The van der Waals surface area contributed by atoms with Crippen molar-refractivity contribution < 1.29 is 19.1 Å². The molecule has 24 heavy (non-hydrogen) atoms. The molecule has 0 aliphatic heterocycles. The molecule has 0 saturated heterocycles. The molecule has 2 rings (SSSR count). The van der Waals surface area contributed by atoms with E-state index in [4.69, 9.17) is 4.74 Å². The molecule has 0 atom stereocenters. The van der Waals surface area contributed by atoms with Crippen molar-refractivity contribution in [2.45, 2.75) is 26.4 Å². The third-order valence-corrected chi connectivity index (χ3v) is 3.79. The topological polar surface area (TPSA) is 84.5 Å². The summed E-state index contributed by atoms with van der Waals surface area (Å²) < 4.78 is 5.20. The lowest BCUT2D eigenvalue weighted by molar-refractivity contribution is 0.0635. The SMILES string of the molecule is CC(C)(C)OC(=O)Nc1ccccc1NC(=O)c1ccc(C=O)s1. The number of benzene rings is 1. The summed E-state index contributed by atoms with van der Waals surface area (Å²) in [5, 5.41) is 5.33. The number of hydrogen-bond acceptors (Lipinski definition) is 5. The van der Waals surface area contributed by atoms with Crippen LogP contribution in [-0.4, -0.2) is 23.9 Å². The zero-order valence-corrected chi connectivity index (χ0v) is 14.4. The lowest BCUT2D eigenvalue weighted by Gasteiger charge is -2.20. The van der Waals surface area contributed by atoms with E-state index in [2.05, 4.69) is 10.6 Å². The zero-order valence-electron chi connectivity index (χ0n) is 13.6. The van der Waals surface area contributed by atoms with Crippen molar-refractivity contribution in [2.75, 3.05) is 10.6 Å². The van der Waals surface area contributed by atoms with Gasteiger partial charge in [0.2, 0.25) is 0 Å². The second-order valence-corrected chi connectivity index (χ2v) is 7.06. The summed E-state index contributed by atoms with van der Waals surface area (Å²) in [5.74, 6) is -0.355. The maximum atomic E-state index is 12.2. The minimum atomic E-state index is -0.621. The largest absolute Gasteiger partial charge is 0.444 e. The predicted octanol–water partition coefficient (Wildman–Crippen LogP) is 4.16. The van der Waals surface area contributed by atoms with E-state index in [-0.39, 0.29) is 5.91 Å². The molecular formula is C17H18N2O4S. The van der Waals surface area contributed by atoms with E-state index < -0.39 is 11.7 Å². The van der Waals surface area contributed by atoms with E-state index in [1.54, 1.807) is 57.2 Å². The summed E-state index contributed by atoms with van der Waals surface area (Å²) in [4.78, 5) is 35.7. The maximum absolute atomic E-state index is 12.2. The molecule has 0 spiro atoms. The highest BCUT2D eigenvalue weighted by atomic mass is 32.1. The molecular weight excluding hydrogens is 328 g/mol. The highest BCUT2D eigenvalue weighted by molar-refractivity contribution is 7.15. The average molecular weight is 346 g/mol. The van der Waals surface area contributed by atoms with Gasteiger partial charge in [-0.25, -0.2) is 4.79 Å². The molecule has 2 N–H and O–H groups in total. The molecule has 0 fully saturated rings. The van der Waals surface area contributed by atoms with Crippen molar-refractivity contribution in [1.82, 2.24) is 0 Å². The number of carbonyl (C=O) groups is 3. The van der Waals surface area contributed by atoms with Crippen molar-refractivity contribution in [1.29, 1.82) is 0 Å². The summed E-state index contributed by atoms with van der Waals surface area (Å²) in [6.45, 7) is 5.30. The lowest BCUT2D eigenvalue weighted by atomic mass is 10.2. The Morgan fingerprint density at radius 2 is 1.67 bits per heavy atom. The van der Waals surface area contributed by atoms with Gasteiger partial charge < -0.3 is 10.1 Å². The van der Waals surface area contributed by atoms with Crippen LogP contribution in [0.3, 0.4) is 0 Å². The number of nitrogens with one attached hydrogen (secondary N) is 2. The molecule has 126 valence electrons. The van der Waals surface area contributed by atoms with Crippen LogP contribution in [0.25, 0.3) is 0 Å².